The molecule has 2 rings (SSSR count). The lowest BCUT2D eigenvalue weighted by atomic mass is 10.1. The first-order valence-electron chi connectivity index (χ1n) is 7.26. The summed E-state index contributed by atoms with van der Waals surface area (Å²) < 4.78 is 0. The zero-order chi connectivity index (χ0) is 15.9. The first-order valence-corrected chi connectivity index (χ1v) is 8.07. The van der Waals surface area contributed by atoms with Crippen molar-refractivity contribution in [2.24, 2.45) is 5.73 Å². The minimum Gasteiger partial charge on any atom is -0.336 e. The zero-order valence-electron chi connectivity index (χ0n) is 13.0. The van der Waals surface area contributed by atoms with E-state index >= 15 is 0 Å². The second kappa shape index (κ2) is 9.45. The van der Waals surface area contributed by atoms with Crippen molar-refractivity contribution in [1.29, 1.82) is 0 Å². The van der Waals surface area contributed by atoms with E-state index in [1.54, 1.807) is 17.0 Å². The Labute approximate surface area is 146 Å². The predicted molar refractivity (Wildman–Crippen MR) is 96.7 cm³/mol. The van der Waals surface area contributed by atoms with Gasteiger partial charge in [-0.05, 0) is 31.0 Å². The van der Waals surface area contributed by atoms with Gasteiger partial charge in [0.05, 0.1) is 9.75 Å². The van der Waals surface area contributed by atoms with Crippen LogP contribution >= 0.6 is 23.7 Å². The van der Waals surface area contributed by atoms with E-state index in [0.29, 0.717) is 29.4 Å². The third-order valence-electron chi connectivity index (χ3n) is 3.36. The van der Waals surface area contributed by atoms with Gasteiger partial charge in [0.25, 0.3) is 5.91 Å². The number of Topliss-reactive ketones (excluding diaryl/α,β-unsaturated/α-hetero) is 1. The molecule has 0 saturated carbocycles. The molecular formula is C17H21ClN2O2S. The summed E-state index contributed by atoms with van der Waals surface area (Å²) in [5, 5.41) is 0. The maximum atomic E-state index is 12.6. The van der Waals surface area contributed by atoms with Crippen molar-refractivity contribution in [3.05, 3.63) is 57.8 Å². The highest BCUT2D eigenvalue weighted by Crippen LogP contribution is 2.19. The highest BCUT2D eigenvalue weighted by atomic mass is 35.5. The van der Waals surface area contributed by atoms with Crippen LogP contribution in [0.3, 0.4) is 0 Å². The van der Waals surface area contributed by atoms with Gasteiger partial charge < -0.3 is 10.6 Å². The Morgan fingerprint density at radius 3 is 2.26 bits per heavy atom. The molecule has 0 fully saturated rings. The van der Waals surface area contributed by atoms with Crippen LogP contribution in [-0.2, 0) is 6.42 Å². The summed E-state index contributed by atoms with van der Waals surface area (Å²) in [5.41, 5.74) is 6.81. The van der Waals surface area contributed by atoms with E-state index in [0.717, 1.165) is 6.42 Å². The first-order chi connectivity index (χ1) is 10.6. The Balaban J connectivity index is 0.00000264. The van der Waals surface area contributed by atoms with E-state index < -0.39 is 0 Å². The van der Waals surface area contributed by atoms with E-state index in [1.165, 1.54) is 23.8 Å². The van der Waals surface area contributed by atoms with Crippen LogP contribution < -0.4 is 5.73 Å². The number of amides is 1. The number of halogens is 1. The Morgan fingerprint density at radius 1 is 1.04 bits per heavy atom. The molecule has 0 radical (unpaired) electrons. The van der Waals surface area contributed by atoms with Gasteiger partial charge in [0.1, 0.15) is 0 Å². The average molecular weight is 353 g/mol. The van der Waals surface area contributed by atoms with Crippen molar-refractivity contribution in [3.63, 3.8) is 0 Å². The molecule has 1 amide bonds. The summed E-state index contributed by atoms with van der Waals surface area (Å²) in [6.07, 6.45) is 0.789. The molecule has 0 atom stereocenters. The van der Waals surface area contributed by atoms with E-state index in [4.69, 9.17) is 5.73 Å². The lowest BCUT2D eigenvalue weighted by Crippen LogP contribution is -2.36. The molecule has 0 bridgehead atoms. The summed E-state index contributed by atoms with van der Waals surface area (Å²) in [7, 11) is 0. The number of thiophene rings is 1. The van der Waals surface area contributed by atoms with E-state index in [9.17, 15) is 9.59 Å². The number of ketones is 1. The fraction of sp³-hybridized carbons (Fsp3) is 0.294. The topological polar surface area (TPSA) is 63.4 Å². The lowest BCUT2D eigenvalue weighted by molar-refractivity contribution is 0.0767. The van der Waals surface area contributed by atoms with Crippen molar-refractivity contribution in [2.45, 2.75) is 13.3 Å². The van der Waals surface area contributed by atoms with Crippen LogP contribution in [0.5, 0.6) is 0 Å². The molecule has 23 heavy (non-hydrogen) atoms. The molecule has 0 unspecified atom stereocenters. The number of rotatable bonds is 7. The van der Waals surface area contributed by atoms with Crippen molar-refractivity contribution in [3.8, 4) is 0 Å². The van der Waals surface area contributed by atoms with Crippen molar-refractivity contribution in [2.75, 3.05) is 19.6 Å². The molecule has 0 spiro atoms. The number of hydrogen-bond donors (Lipinski definition) is 1. The molecule has 1 heterocycles. The van der Waals surface area contributed by atoms with Crippen LogP contribution in [-0.4, -0.2) is 36.2 Å². The zero-order valence-corrected chi connectivity index (χ0v) is 14.7. The summed E-state index contributed by atoms with van der Waals surface area (Å²) in [5.74, 6) is -0.0717. The third kappa shape index (κ3) is 5.46. The number of carbonyl (C=O) groups excluding carboxylic acids is 2. The van der Waals surface area contributed by atoms with Crippen LogP contribution in [0.4, 0.5) is 0 Å². The van der Waals surface area contributed by atoms with Gasteiger partial charge in [-0.15, -0.1) is 23.7 Å². The number of benzene rings is 1. The van der Waals surface area contributed by atoms with Gasteiger partial charge in [-0.1, -0.05) is 30.3 Å². The molecule has 1 aromatic carbocycles. The highest BCUT2D eigenvalue weighted by Gasteiger charge is 2.18. The normalized spacial score (nSPS) is 10.0. The number of nitrogens with two attached hydrogens (primary N) is 1. The molecule has 0 saturated heterocycles. The van der Waals surface area contributed by atoms with Gasteiger partial charge in [-0.2, -0.15) is 0 Å². The second-order valence-corrected chi connectivity index (χ2v) is 6.12. The molecule has 2 N–H and O–H groups in total. The van der Waals surface area contributed by atoms with Gasteiger partial charge in [-0.3, -0.25) is 9.59 Å². The summed E-state index contributed by atoms with van der Waals surface area (Å²) in [6, 6.07) is 13.5. The Morgan fingerprint density at radius 2 is 1.70 bits per heavy atom. The summed E-state index contributed by atoms with van der Waals surface area (Å²) in [4.78, 5) is 26.9. The monoisotopic (exact) mass is 352 g/mol. The maximum absolute atomic E-state index is 12.6. The van der Waals surface area contributed by atoms with Crippen LogP contribution in [0, 0.1) is 0 Å². The van der Waals surface area contributed by atoms with Gasteiger partial charge in [-0.25, -0.2) is 0 Å². The second-order valence-electron chi connectivity index (χ2n) is 5.04. The Bertz CT molecular complexity index is 643. The van der Waals surface area contributed by atoms with Crippen LogP contribution in [0.25, 0.3) is 0 Å². The highest BCUT2D eigenvalue weighted by molar-refractivity contribution is 7.15. The molecule has 4 nitrogen and oxygen atoms in total. The Kier molecular flexibility index (Phi) is 7.95. The predicted octanol–water partition coefficient (Wildman–Crippen LogP) is 3.02. The summed E-state index contributed by atoms with van der Waals surface area (Å²) >= 11 is 1.24. The van der Waals surface area contributed by atoms with Crippen LogP contribution in [0.1, 0.15) is 31.8 Å². The molecular weight excluding hydrogens is 332 g/mol. The molecule has 2 aromatic rings. The van der Waals surface area contributed by atoms with Crippen LogP contribution in [0.15, 0.2) is 42.5 Å². The maximum Gasteiger partial charge on any atom is 0.263 e. The quantitative estimate of drug-likeness (QED) is 0.779. The van der Waals surface area contributed by atoms with Gasteiger partial charge in [0, 0.05) is 19.6 Å². The summed E-state index contributed by atoms with van der Waals surface area (Å²) in [6.45, 7) is 3.06. The van der Waals surface area contributed by atoms with Crippen molar-refractivity contribution >= 4 is 35.4 Å². The fourth-order valence-electron chi connectivity index (χ4n) is 2.18. The Hall–Kier alpha value is -1.69. The number of nitrogens with zero attached hydrogens (tertiary/aromatic N) is 1. The van der Waals surface area contributed by atoms with Gasteiger partial charge >= 0.3 is 0 Å². The average Bonchev–Trinajstić information content (AvgIpc) is 3.02. The minimum atomic E-state index is -0.0566. The van der Waals surface area contributed by atoms with Gasteiger partial charge in [0.15, 0.2) is 5.78 Å². The van der Waals surface area contributed by atoms with E-state index in [-0.39, 0.29) is 24.1 Å². The van der Waals surface area contributed by atoms with Crippen molar-refractivity contribution in [1.82, 2.24) is 4.90 Å². The number of hydrogen-bond acceptors (Lipinski definition) is 4. The standard InChI is InChI=1S/C17H20N2O2S.ClH/c1-13(20)15-7-8-16(22-15)17(21)19(12-10-18)11-9-14-5-3-2-4-6-14;/h2-8H,9-12,18H2,1H3;1H. The SMILES string of the molecule is CC(=O)c1ccc(C(=O)N(CCN)CCc2ccccc2)s1.Cl. The molecule has 0 aliphatic rings. The lowest BCUT2D eigenvalue weighted by Gasteiger charge is -2.21. The largest absolute Gasteiger partial charge is 0.336 e. The van der Waals surface area contributed by atoms with Crippen LogP contribution in [0.2, 0.25) is 0 Å². The smallest absolute Gasteiger partial charge is 0.263 e. The first kappa shape index (κ1) is 19.4. The molecule has 6 heteroatoms. The number of carbonyl (C=O) groups is 2. The van der Waals surface area contributed by atoms with E-state index in [1.807, 2.05) is 30.3 Å². The minimum absolute atomic E-state index is 0. The molecule has 0 aliphatic carbocycles. The molecule has 0 aliphatic heterocycles. The van der Waals surface area contributed by atoms with E-state index in [2.05, 4.69) is 0 Å². The fourth-order valence-corrected chi connectivity index (χ4v) is 3.05. The van der Waals surface area contributed by atoms with Crippen molar-refractivity contribution < 1.29 is 9.59 Å². The molecule has 124 valence electrons. The molecule has 1 aromatic heterocycles. The van der Waals surface area contributed by atoms with Gasteiger partial charge in [0.2, 0.25) is 0 Å². The third-order valence-corrected chi connectivity index (χ3v) is 4.54.